The van der Waals surface area contributed by atoms with Crippen LogP contribution in [0.15, 0.2) is 36.5 Å². The lowest BCUT2D eigenvalue weighted by Gasteiger charge is -2.44. The van der Waals surface area contributed by atoms with Crippen molar-refractivity contribution < 1.29 is 14.3 Å². The van der Waals surface area contributed by atoms with E-state index < -0.39 is 5.60 Å². The van der Waals surface area contributed by atoms with Crippen LogP contribution in [0.5, 0.6) is 0 Å². The number of ether oxygens (including phenoxy) is 2. The summed E-state index contributed by atoms with van der Waals surface area (Å²) < 4.78 is 11.4. The molecule has 3 heterocycles. The van der Waals surface area contributed by atoms with Crippen LogP contribution in [0.4, 0.5) is 4.79 Å². The van der Waals surface area contributed by atoms with Gasteiger partial charge in [0.25, 0.3) is 0 Å². The van der Waals surface area contributed by atoms with Crippen LogP contribution in [-0.2, 0) is 9.47 Å². The van der Waals surface area contributed by atoms with Crippen molar-refractivity contribution in [3.8, 4) is 0 Å². The average Bonchev–Trinajstić information content (AvgIpc) is 2.59. The molecule has 1 amide bonds. The average molecular weight is 366 g/mol. The number of fused-ring (bicyclic) bond motifs is 3. The molecule has 4 rings (SSSR count). The van der Waals surface area contributed by atoms with Gasteiger partial charge in [-0.1, -0.05) is 24.3 Å². The van der Waals surface area contributed by atoms with E-state index in [2.05, 4.69) is 36.2 Å². The predicted molar refractivity (Wildman–Crippen MR) is 106 cm³/mol. The van der Waals surface area contributed by atoms with Crippen LogP contribution in [0, 0.1) is 6.92 Å². The monoisotopic (exact) mass is 366 g/mol. The van der Waals surface area contributed by atoms with Crippen molar-refractivity contribution in [1.29, 1.82) is 0 Å². The van der Waals surface area contributed by atoms with Crippen molar-refractivity contribution in [2.45, 2.75) is 51.8 Å². The fourth-order valence-electron chi connectivity index (χ4n) is 4.03. The SMILES string of the molecule is Cc1c(C2=CC3COCC(C2)N3C(=O)OC(C)(C)C)ccc2cccnc12. The van der Waals surface area contributed by atoms with Crippen molar-refractivity contribution >= 4 is 22.6 Å². The van der Waals surface area contributed by atoms with E-state index >= 15 is 0 Å². The largest absolute Gasteiger partial charge is 0.444 e. The van der Waals surface area contributed by atoms with Gasteiger partial charge in [0.15, 0.2) is 0 Å². The molecule has 5 heteroatoms. The lowest BCUT2D eigenvalue weighted by atomic mass is 9.87. The fourth-order valence-corrected chi connectivity index (χ4v) is 4.03. The van der Waals surface area contributed by atoms with Crippen LogP contribution in [0.2, 0.25) is 0 Å². The first-order valence-corrected chi connectivity index (χ1v) is 9.48. The third kappa shape index (κ3) is 3.44. The van der Waals surface area contributed by atoms with E-state index in [0.717, 1.165) is 17.3 Å². The van der Waals surface area contributed by atoms with E-state index in [9.17, 15) is 4.79 Å². The van der Waals surface area contributed by atoms with Crippen LogP contribution in [0.3, 0.4) is 0 Å². The minimum absolute atomic E-state index is 0.00238. The van der Waals surface area contributed by atoms with Crippen LogP contribution in [0.1, 0.15) is 38.3 Å². The molecule has 2 bridgehead atoms. The zero-order valence-corrected chi connectivity index (χ0v) is 16.4. The van der Waals surface area contributed by atoms with Crippen LogP contribution < -0.4 is 0 Å². The van der Waals surface area contributed by atoms with Gasteiger partial charge < -0.3 is 9.47 Å². The molecule has 1 fully saturated rings. The van der Waals surface area contributed by atoms with Gasteiger partial charge in [0.1, 0.15) is 5.60 Å². The van der Waals surface area contributed by atoms with E-state index in [0.29, 0.717) is 13.2 Å². The minimum Gasteiger partial charge on any atom is -0.444 e. The van der Waals surface area contributed by atoms with Crippen molar-refractivity contribution in [3.63, 3.8) is 0 Å². The molecule has 142 valence electrons. The van der Waals surface area contributed by atoms with Gasteiger partial charge in [-0.3, -0.25) is 9.88 Å². The van der Waals surface area contributed by atoms with Gasteiger partial charge >= 0.3 is 6.09 Å². The van der Waals surface area contributed by atoms with Crippen LogP contribution in [0.25, 0.3) is 16.5 Å². The number of hydrogen-bond acceptors (Lipinski definition) is 4. The number of rotatable bonds is 1. The maximum absolute atomic E-state index is 12.7. The molecular formula is C22H26N2O3. The number of carbonyl (C=O) groups is 1. The Hall–Kier alpha value is -2.40. The molecule has 0 N–H and O–H groups in total. The highest BCUT2D eigenvalue weighted by atomic mass is 16.6. The quantitative estimate of drug-likeness (QED) is 0.754. The molecule has 2 aliphatic rings. The number of pyridine rings is 1. The van der Waals surface area contributed by atoms with Gasteiger partial charge in [-0.2, -0.15) is 0 Å². The first-order chi connectivity index (χ1) is 12.8. The van der Waals surface area contributed by atoms with E-state index in [4.69, 9.17) is 9.47 Å². The minimum atomic E-state index is -0.503. The molecular weight excluding hydrogens is 340 g/mol. The van der Waals surface area contributed by atoms with Crippen LogP contribution in [-0.4, -0.2) is 46.9 Å². The molecule has 27 heavy (non-hydrogen) atoms. The molecule has 2 unspecified atom stereocenters. The molecule has 1 aromatic heterocycles. The van der Waals surface area contributed by atoms with Gasteiger partial charge in [-0.05, 0) is 56.9 Å². The zero-order valence-electron chi connectivity index (χ0n) is 16.4. The smallest absolute Gasteiger partial charge is 0.411 e. The topological polar surface area (TPSA) is 51.7 Å². The highest BCUT2D eigenvalue weighted by molar-refractivity contribution is 5.87. The fraction of sp³-hybridized carbons (Fsp3) is 0.455. The maximum Gasteiger partial charge on any atom is 0.411 e. The summed E-state index contributed by atoms with van der Waals surface area (Å²) in [6.07, 6.45) is 4.50. The third-order valence-corrected chi connectivity index (χ3v) is 5.18. The normalized spacial score (nSPS) is 22.5. The number of amides is 1. The van der Waals surface area contributed by atoms with Crippen molar-refractivity contribution in [2.24, 2.45) is 0 Å². The third-order valence-electron chi connectivity index (χ3n) is 5.18. The summed E-state index contributed by atoms with van der Waals surface area (Å²) in [5, 5.41) is 1.15. The lowest BCUT2D eigenvalue weighted by molar-refractivity contribution is -0.0510. The molecule has 0 saturated carbocycles. The Kier molecular flexibility index (Phi) is 4.42. The second kappa shape index (κ2) is 6.64. The van der Waals surface area contributed by atoms with Gasteiger partial charge in [0.2, 0.25) is 0 Å². The van der Waals surface area contributed by atoms with E-state index in [1.165, 1.54) is 16.7 Å². The molecule has 1 saturated heterocycles. The number of aromatic nitrogens is 1. The number of morpholine rings is 1. The summed E-state index contributed by atoms with van der Waals surface area (Å²) in [6, 6.07) is 8.24. The Bertz CT molecular complexity index is 913. The maximum atomic E-state index is 12.7. The Balaban J connectivity index is 1.69. The Labute approximate surface area is 160 Å². The summed E-state index contributed by atoms with van der Waals surface area (Å²) in [6.45, 7) is 8.86. The summed E-state index contributed by atoms with van der Waals surface area (Å²) >= 11 is 0. The predicted octanol–water partition coefficient (Wildman–Crippen LogP) is 4.33. The second-order valence-corrected chi connectivity index (χ2v) is 8.36. The summed E-state index contributed by atoms with van der Waals surface area (Å²) in [4.78, 5) is 19.1. The van der Waals surface area contributed by atoms with Gasteiger partial charge in [0, 0.05) is 11.6 Å². The Morgan fingerprint density at radius 1 is 1.26 bits per heavy atom. The molecule has 0 aliphatic carbocycles. The number of hydrogen-bond donors (Lipinski definition) is 0. The summed E-state index contributed by atoms with van der Waals surface area (Å²) in [5.41, 5.74) is 4.19. The van der Waals surface area contributed by atoms with E-state index in [-0.39, 0.29) is 18.2 Å². The standard InChI is InChI=1S/C22H26N2O3/c1-14-19(8-7-15-6-5-9-23-20(14)15)16-10-17-12-26-13-18(11-16)24(17)21(25)27-22(2,3)4/h5-10,17-18H,11-13H2,1-4H3. The molecule has 2 aromatic rings. The van der Waals surface area contributed by atoms with Crippen molar-refractivity contribution in [1.82, 2.24) is 9.88 Å². The molecule has 0 spiro atoms. The molecule has 5 nitrogen and oxygen atoms in total. The van der Waals surface area contributed by atoms with E-state index in [1.54, 1.807) is 0 Å². The number of carbonyl (C=O) groups excluding carboxylic acids is 1. The van der Waals surface area contributed by atoms with Gasteiger partial charge in [0.05, 0.1) is 30.8 Å². The number of benzene rings is 1. The molecule has 2 aliphatic heterocycles. The van der Waals surface area contributed by atoms with Gasteiger partial charge in [-0.25, -0.2) is 4.79 Å². The second-order valence-electron chi connectivity index (χ2n) is 8.36. The van der Waals surface area contributed by atoms with Crippen molar-refractivity contribution in [3.05, 3.63) is 47.7 Å². The van der Waals surface area contributed by atoms with Crippen molar-refractivity contribution in [2.75, 3.05) is 13.2 Å². The number of nitrogens with zero attached hydrogens (tertiary/aromatic N) is 2. The number of aryl methyl sites for hydroxylation is 1. The zero-order chi connectivity index (χ0) is 19.2. The summed E-state index contributed by atoms with van der Waals surface area (Å²) in [7, 11) is 0. The Morgan fingerprint density at radius 2 is 2.07 bits per heavy atom. The highest BCUT2D eigenvalue weighted by Crippen LogP contribution is 2.36. The van der Waals surface area contributed by atoms with Crippen LogP contribution >= 0.6 is 0 Å². The lowest BCUT2D eigenvalue weighted by Crippen LogP contribution is -2.57. The molecule has 1 aromatic carbocycles. The molecule has 2 atom stereocenters. The molecule has 0 radical (unpaired) electrons. The van der Waals surface area contributed by atoms with Gasteiger partial charge in [-0.15, -0.1) is 0 Å². The first kappa shape index (κ1) is 18.0. The first-order valence-electron chi connectivity index (χ1n) is 9.48. The highest BCUT2D eigenvalue weighted by Gasteiger charge is 2.40. The summed E-state index contributed by atoms with van der Waals surface area (Å²) in [5.74, 6) is 0. The van der Waals surface area contributed by atoms with E-state index in [1.807, 2.05) is 37.9 Å². The Morgan fingerprint density at radius 3 is 2.81 bits per heavy atom.